The van der Waals surface area contributed by atoms with E-state index in [0.717, 1.165) is 35.7 Å². The molecule has 2 aromatic carbocycles. The van der Waals surface area contributed by atoms with Gasteiger partial charge in [0.25, 0.3) is 0 Å². The van der Waals surface area contributed by atoms with Crippen molar-refractivity contribution in [2.75, 3.05) is 23.3 Å². The molecular formula is C20H21N3OS. The molecule has 0 fully saturated rings. The van der Waals surface area contributed by atoms with E-state index in [1.807, 2.05) is 24.3 Å². The summed E-state index contributed by atoms with van der Waals surface area (Å²) in [4.78, 5) is 19.2. The van der Waals surface area contributed by atoms with Crippen LogP contribution in [-0.4, -0.2) is 24.0 Å². The molecule has 25 heavy (non-hydrogen) atoms. The molecule has 0 atom stereocenters. The lowest BCUT2D eigenvalue weighted by molar-refractivity contribution is -0.116. The zero-order valence-corrected chi connectivity index (χ0v) is 15.1. The molecule has 1 N–H and O–H groups in total. The third-order valence-corrected chi connectivity index (χ3v) is 5.74. The highest BCUT2D eigenvalue weighted by Crippen LogP contribution is 2.30. The second-order valence-electron chi connectivity index (χ2n) is 6.30. The predicted molar refractivity (Wildman–Crippen MR) is 105 cm³/mol. The van der Waals surface area contributed by atoms with E-state index in [1.165, 1.54) is 16.0 Å². The van der Waals surface area contributed by atoms with Crippen LogP contribution >= 0.6 is 11.3 Å². The number of aromatic nitrogens is 1. The largest absolute Gasteiger partial charge is 0.371 e. The Kier molecular flexibility index (Phi) is 4.40. The molecule has 1 aromatic heterocycles. The Bertz CT molecular complexity index is 885. The van der Waals surface area contributed by atoms with Crippen LogP contribution in [0, 0.1) is 0 Å². The van der Waals surface area contributed by atoms with Gasteiger partial charge >= 0.3 is 0 Å². The molecule has 0 bridgehead atoms. The van der Waals surface area contributed by atoms with Gasteiger partial charge in [-0.05, 0) is 43.2 Å². The quantitative estimate of drug-likeness (QED) is 0.747. The topological polar surface area (TPSA) is 45.2 Å². The number of nitrogens with zero attached hydrogens (tertiary/aromatic N) is 2. The minimum Gasteiger partial charge on any atom is -0.371 e. The van der Waals surface area contributed by atoms with E-state index in [4.69, 9.17) is 0 Å². The predicted octanol–water partition coefficient (Wildman–Crippen LogP) is 4.25. The van der Waals surface area contributed by atoms with Crippen LogP contribution in [0.4, 0.5) is 11.4 Å². The number of hydrogen-bond donors (Lipinski definition) is 1. The number of hydrogen-bond acceptors (Lipinski definition) is 4. The van der Waals surface area contributed by atoms with Crippen molar-refractivity contribution in [1.82, 2.24) is 4.98 Å². The first-order valence-electron chi connectivity index (χ1n) is 8.75. The number of carbonyl (C=O) groups excluding carboxylic acids is 1. The Morgan fingerprint density at radius 3 is 3.00 bits per heavy atom. The number of rotatable bonds is 5. The van der Waals surface area contributed by atoms with E-state index in [-0.39, 0.29) is 5.91 Å². The lowest BCUT2D eigenvalue weighted by atomic mass is 10.1. The lowest BCUT2D eigenvalue weighted by Gasteiger charge is -2.17. The second-order valence-corrected chi connectivity index (χ2v) is 7.41. The zero-order valence-electron chi connectivity index (χ0n) is 14.3. The van der Waals surface area contributed by atoms with Gasteiger partial charge in [-0.15, -0.1) is 11.3 Å². The van der Waals surface area contributed by atoms with Gasteiger partial charge in [0, 0.05) is 37.3 Å². The fourth-order valence-corrected chi connectivity index (χ4v) is 4.29. The first-order chi connectivity index (χ1) is 12.2. The molecule has 3 aromatic rings. The standard InChI is InChI=1S/C20H21N3OS/c1-2-23-12-11-14-7-8-15(13-17(14)23)21-19(24)9-10-20-22-16-5-3-4-6-18(16)25-20/h3-8,13H,2,9-12H2,1H3,(H,21,24). The van der Waals surface area contributed by atoms with Crippen LogP contribution in [-0.2, 0) is 17.6 Å². The van der Waals surface area contributed by atoms with Gasteiger partial charge in [-0.2, -0.15) is 0 Å². The fourth-order valence-electron chi connectivity index (χ4n) is 3.32. The molecule has 128 valence electrons. The molecule has 0 spiro atoms. The number of thiazole rings is 1. The summed E-state index contributed by atoms with van der Waals surface area (Å²) in [5.74, 6) is 0.0419. The Balaban J connectivity index is 1.39. The number of likely N-dealkylation sites (N-methyl/N-ethyl adjacent to an activating group) is 1. The van der Waals surface area contributed by atoms with Gasteiger partial charge in [-0.1, -0.05) is 18.2 Å². The summed E-state index contributed by atoms with van der Waals surface area (Å²) in [5.41, 5.74) is 4.52. The molecule has 0 saturated carbocycles. The summed E-state index contributed by atoms with van der Waals surface area (Å²) >= 11 is 1.67. The maximum Gasteiger partial charge on any atom is 0.224 e. The average Bonchev–Trinajstić information content (AvgIpc) is 3.22. The van der Waals surface area contributed by atoms with E-state index >= 15 is 0 Å². The summed E-state index contributed by atoms with van der Waals surface area (Å²) in [6, 6.07) is 14.3. The van der Waals surface area contributed by atoms with Crippen molar-refractivity contribution in [1.29, 1.82) is 0 Å². The Labute approximate surface area is 151 Å². The molecule has 0 saturated heterocycles. The number of para-hydroxylation sites is 1. The molecule has 0 aliphatic carbocycles. The van der Waals surface area contributed by atoms with Gasteiger partial charge in [0.2, 0.25) is 5.91 Å². The molecule has 0 radical (unpaired) electrons. The lowest BCUT2D eigenvalue weighted by Crippen LogP contribution is -2.19. The second kappa shape index (κ2) is 6.84. The summed E-state index contributed by atoms with van der Waals surface area (Å²) in [7, 11) is 0. The molecular weight excluding hydrogens is 330 g/mol. The number of anilines is 2. The van der Waals surface area contributed by atoms with Gasteiger partial charge in [-0.25, -0.2) is 4.98 Å². The number of nitrogens with one attached hydrogen (secondary N) is 1. The summed E-state index contributed by atoms with van der Waals surface area (Å²) in [5, 5.41) is 4.05. The Morgan fingerprint density at radius 2 is 2.16 bits per heavy atom. The highest BCUT2D eigenvalue weighted by atomic mass is 32.1. The maximum absolute atomic E-state index is 12.3. The maximum atomic E-state index is 12.3. The SMILES string of the molecule is CCN1CCc2ccc(NC(=O)CCc3nc4ccccc4s3)cc21. The van der Waals surface area contributed by atoms with Crippen LogP contribution < -0.4 is 10.2 Å². The highest BCUT2D eigenvalue weighted by molar-refractivity contribution is 7.18. The molecule has 1 aliphatic heterocycles. The first kappa shape index (κ1) is 16.1. The van der Waals surface area contributed by atoms with Gasteiger partial charge in [0.1, 0.15) is 0 Å². The van der Waals surface area contributed by atoms with Crippen LogP contribution in [0.5, 0.6) is 0 Å². The van der Waals surface area contributed by atoms with Crippen LogP contribution in [0.3, 0.4) is 0 Å². The molecule has 1 amide bonds. The molecule has 0 unspecified atom stereocenters. The van der Waals surface area contributed by atoms with Crippen LogP contribution in [0.2, 0.25) is 0 Å². The third kappa shape index (κ3) is 3.37. The molecule has 2 heterocycles. The van der Waals surface area contributed by atoms with Crippen molar-refractivity contribution in [3.8, 4) is 0 Å². The number of fused-ring (bicyclic) bond motifs is 2. The Hall–Kier alpha value is -2.40. The van der Waals surface area contributed by atoms with Crippen molar-refractivity contribution in [3.63, 3.8) is 0 Å². The van der Waals surface area contributed by atoms with Gasteiger partial charge in [0.05, 0.1) is 15.2 Å². The van der Waals surface area contributed by atoms with Crippen molar-refractivity contribution < 1.29 is 4.79 Å². The highest BCUT2D eigenvalue weighted by Gasteiger charge is 2.18. The van der Waals surface area contributed by atoms with Crippen molar-refractivity contribution in [3.05, 3.63) is 53.0 Å². The monoisotopic (exact) mass is 351 g/mol. The number of aryl methyl sites for hydroxylation is 1. The summed E-state index contributed by atoms with van der Waals surface area (Å²) in [6.45, 7) is 4.24. The number of carbonyl (C=O) groups is 1. The van der Waals surface area contributed by atoms with Gasteiger partial charge in [-0.3, -0.25) is 4.79 Å². The minimum atomic E-state index is 0.0419. The molecule has 5 heteroatoms. The average molecular weight is 351 g/mol. The van der Waals surface area contributed by atoms with Crippen LogP contribution in [0.1, 0.15) is 23.9 Å². The van der Waals surface area contributed by atoms with Crippen molar-refractivity contribution in [2.45, 2.75) is 26.2 Å². The first-order valence-corrected chi connectivity index (χ1v) is 9.57. The minimum absolute atomic E-state index is 0.0419. The van der Waals surface area contributed by atoms with Crippen LogP contribution in [0.25, 0.3) is 10.2 Å². The normalized spacial score (nSPS) is 13.2. The summed E-state index contributed by atoms with van der Waals surface area (Å²) in [6.07, 6.45) is 2.22. The smallest absolute Gasteiger partial charge is 0.224 e. The molecule has 1 aliphatic rings. The van der Waals surface area contributed by atoms with E-state index in [9.17, 15) is 4.79 Å². The zero-order chi connectivity index (χ0) is 17.2. The van der Waals surface area contributed by atoms with E-state index in [1.54, 1.807) is 11.3 Å². The fraction of sp³-hybridized carbons (Fsp3) is 0.300. The van der Waals surface area contributed by atoms with E-state index < -0.39 is 0 Å². The number of amides is 1. The summed E-state index contributed by atoms with van der Waals surface area (Å²) < 4.78 is 1.18. The van der Waals surface area contributed by atoms with Gasteiger partial charge in [0.15, 0.2) is 0 Å². The van der Waals surface area contributed by atoms with Crippen molar-refractivity contribution >= 4 is 38.8 Å². The van der Waals surface area contributed by atoms with E-state index in [2.05, 4.69) is 40.3 Å². The van der Waals surface area contributed by atoms with E-state index in [0.29, 0.717) is 12.8 Å². The van der Waals surface area contributed by atoms with Crippen LogP contribution in [0.15, 0.2) is 42.5 Å². The van der Waals surface area contributed by atoms with Gasteiger partial charge < -0.3 is 10.2 Å². The third-order valence-electron chi connectivity index (χ3n) is 4.65. The Morgan fingerprint density at radius 1 is 1.28 bits per heavy atom. The van der Waals surface area contributed by atoms with Crippen molar-refractivity contribution in [2.24, 2.45) is 0 Å². The molecule has 4 rings (SSSR count). The molecule has 4 nitrogen and oxygen atoms in total. The number of benzene rings is 2.